The molecular weight excluding hydrogens is 360 g/mol. The number of azide groups is 1. The normalized spacial score (nSPS) is 21.0. The zero-order valence-electron chi connectivity index (χ0n) is 13.6. The highest BCUT2D eigenvalue weighted by atomic mass is 79.9. The van der Waals surface area contributed by atoms with Gasteiger partial charge in [0.1, 0.15) is 5.60 Å². The molecule has 0 aromatic heterocycles. The van der Waals surface area contributed by atoms with E-state index in [1.54, 1.807) is 4.90 Å². The molecule has 23 heavy (non-hydrogen) atoms. The Kier molecular flexibility index (Phi) is 5.55. The third kappa shape index (κ3) is 4.88. The van der Waals surface area contributed by atoms with Crippen LogP contribution in [-0.2, 0) is 4.74 Å². The smallest absolute Gasteiger partial charge is 0.410 e. The molecule has 0 saturated carbocycles. The van der Waals surface area contributed by atoms with Crippen molar-refractivity contribution in [3.63, 3.8) is 0 Å². The van der Waals surface area contributed by atoms with Crippen LogP contribution in [-0.4, -0.2) is 36.2 Å². The number of halogens is 1. The molecule has 0 radical (unpaired) electrons. The van der Waals surface area contributed by atoms with Crippen LogP contribution in [0, 0.1) is 5.92 Å². The molecular formula is C16H21BrN4O2. The lowest BCUT2D eigenvalue weighted by Crippen LogP contribution is -2.35. The number of nitrogens with zero attached hydrogens (tertiary/aromatic N) is 4. The van der Waals surface area contributed by atoms with Gasteiger partial charge in [0.25, 0.3) is 0 Å². The van der Waals surface area contributed by atoms with E-state index in [9.17, 15) is 4.79 Å². The molecule has 1 aliphatic rings. The molecule has 1 amide bonds. The molecule has 0 aliphatic carbocycles. The first-order valence-electron chi connectivity index (χ1n) is 7.54. The van der Waals surface area contributed by atoms with Crippen LogP contribution >= 0.6 is 15.9 Å². The largest absolute Gasteiger partial charge is 0.444 e. The van der Waals surface area contributed by atoms with Gasteiger partial charge in [-0.25, -0.2) is 4.79 Å². The molecule has 1 aliphatic heterocycles. The van der Waals surface area contributed by atoms with Crippen LogP contribution in [0.3, 0.4) is 0 Å². The maximum atomic E-state index is 12.3. The Labute approximate surface area is 144 Å². The van der Waals surface area contributed by atoms with Crippen molar-refractivity contribution < 1.29 is 9.53 Å². The van der Waals surface area contributed by atoms with E-state index < -0.39 is 5.60 Å². The van der Waals surface area contributed by atoms with E-state index >= 15 is 0 Å². The van der Waals surface area contributed by atoms with Crippen LogP contribution in [0.15, 0.2) is 33.9 Å². The Morgan fingerprint density at radius 1 is 1.39 bits per heavy atom. The van der Waals surface area contributed by atoms with Crippen LogP contribution in [0.4, 0.5) is 4.79 Å². The molecule has 1 heterocycles. The van der Waals surface area contributed by atoms with Crippen LogP contribution in [0.2, 0.25) is 0 Å². The van der Waals surface area contributed by atoms with Crippen LogP contribution in [0.5, 0.6) is 0 Å². The Balaban J connectivity index is 2.16. The number of hydrogen-bond acceptors (Lipinski definition) is 3. The minimum absolute atomic E-state index is 0.0968. The number of carbonyl (C=O) groups excluding carboxylic acids is 1. The maximum absolute atomic E-state index is 12.3. The van der Waals surface area contributed by atoms with Crippen LogP contribution in [0.1, 0.15) is 32.3 Å². The summed E-state index contributed by atoms with van der Waals surface area (Å²) in [7, 11) is 0. The second-order valence-corrected chi connectivity index (χ2v) is 7.63. The summed E-state index contributed by atoms with van der Waals surface area (Å²) in [5, 5.41) is 3.71. The number of benzene rings is 1. The predicted molar refractivity (Wildman–Crippen MR) is 92.2 cm³/mol. The summed E-state index contributed by atoms with van der Waals surface area (Å²) in [6, 6.07) is 8.04. The van der Waals surface area contributed by atoms with Crippen LogP contribution in [0.25, 0.3) is 10.4 Å². The van der Waals surface area contributed by atoms with E-state index in [1.807, 2.05) is 45.0 Å². The first kappa shape index (κ1) is 17.6. The zero-order valence-corrected chi connectivity index (χ0v) is 15.2. The van der Waals surface area contributed by atoms with Gasteiger partial charge in [-0.3, -0.25) is 0 Å². The van der Waals surface area contributed by atoms with Crippen molar-refractivity contribution in [1.82, 2.24) is 4.90 Å². The molecule has 7 heteroatoms. The summed E-state index contributed by atoms with van der Waals surface area (Å²) in [4.78, 5) is 16.9. The monoisotopic (exact) mass is 380 g/mol. The fourth-order valence-corrected chi connectivity index (χ4v) is 3.03. The van der Waals surface area contributed by atoms with Crippen molar-refractivity contribution >= 4 is 22.0 Å². The molecule has 0 spiro atoms. The number of ether oxygens (including phenoxy) is 1. The number of carbonyl (C=O) groups is 1. The SMILES string of the molecule is CC(C)(C)OC(=O)N1CC(CN=[N+]=[N-])C(c2ccc(Br)cc2)C1. The molecule has 2 unspecified atom stereocenters. The lowest BCUT2D eigenvalue weighted by molar-refractivity contribution is 0.0287. The summed E-state index contributed by atoms with van der Waals surface area (Å²) in [6.45, 7) is 7.03. The second-order valence-electron chi connectivity index (χ2n) is 6.72. The van der Waals surface area contributed by atoms with Gasteiger partial charge in [-0.1, -0.05) is 33.2 Å². The van der Waals surface area contributed by atoms with Crippen molar-refractivity contribution in [1.29, 1.82) is 0 Å². The lowest BCUT2D eigenvalue weighted by atomic mass is 9.89. The number of hydrogen-bond donors (Lipinski definition) is 0. The average Bonchev–Trinajstić information content (AvgIpc) is 2.88. The Morgan fingerprint density at radius 2 is 2.04 bits per heavy atom. The van der Waals surface area contributed by atoms with Gasteiger partial charge in [0.05, 0.1) is 0 Å². The molecule has 1 fully saturated rings. The molecule has 1 saturated heterocycles. The van der Waals surface area contributed by atoms with Gasteiger partial charge < -0.3 is 9.64 Å². The quantitative estimate of drug-likeness (QED) is 0.432. The molecule has 124 valence electrons. The van der Waals surface area contributed by atoms with E-state index in [2.05, 4.69) is 26.0 Å². The van der Waals surface area contributed by atoms with Crippen molar-refractivity contribution in [2.24, 2.45) is 11.0 Å². The molecule has 6 nitrogen and oxygen atoms in total. The summed E-state index contributed by atoms with van der Waals surface area (Å²) in [6.07, 6.45) is -0.317. The van der Waals surface area contributed by atoms with Gasteiger partial charge in [0.2, 0.25) is 0 Å². The van der Waals surface area contributed by atoms with Gasteiger partial charge in [-0.05, 0) is 49.9 Å². The molecule has 1 aromatic rings. The maximum Gasteiger partial charge on any atom is 0.410 e. The van der Waals surface area contributed by atoms with Gasteiger partial charge >= 0.3 is 6.09 Å². The van der Waals surface area contributed by atoms with E-state index in [-0.39, 0.29) is 17.9 Å². The minimum Gasteiger partial charge on any atom is -0.444 e. The molecule has 2 rings (SSSR count). The summed E-state index contributed by atoms with van der Waals surface area (Å²) < 4.78 is 6.46. The van der Waals surface area contributed by atoms with Crippen molar-refractivity contribution in [3.8, 4) is 0 Å². The standard InChI is InChI=1S/C16H21BrN4O2/c1-16(2,3)23-15(22)21-9-12(8-19-20-18)14(10-21)11-4-6-13(17)7-5-11/h4-7,12,14H,8-10H2,1-3H3. The van der Waals surface area contributed by atoms with Gasteiger partial charge in [-0.2, -0.15) is 0 Å². The van der Waals surface area contributed by atoms with Crippen molar-refractivity contribution in [2.75, 3.05) is 19.6 Å². The van der Waals surface area contributed by atoms with Crippen molar-refractivity contribution in [3.05, 3.63) is 44.7 Å². The third-order valence-corrected chi connectivity index (χ3v) is 4.30. The fraction of sp³-hybridized carbons (Fsp3) is 0.562. The number of likely N-dealkylation sites (tertiary alicyclic amines) is 1. The first-order valence-corrected chi connectivity index (χ1v) is 8.33. The van der Waals surface area contributed by atoms with E-state index in [0.717, 1.165) is 10.0 Å². The fourth-order valence-electron chi connectivity index (χ4n) is 2.76. The highest BCUT2D eigenvalue weighted by molar-refractivity contribution is 9.10. The van der Waals surface area contributed by atoms with E-state index in [1.165, 1.54) is 0 Å². The number of amides is 1. The van der Waals surface area contributed by atoms with Gasteiger partial charge in [0, 0.05) is 34.9 Å². The number of rotatable bonds is 3. The van der Waals surface area contributed by atoms with Crippen molar-refractivity contribution in [2.45, 2.75) is 32.3 Å². The summed E-state index contributed by atoms with van der Waals surface area (Å²) in [5.74, 6) is 0.237. The second kappa shape index (κ2) is 7.23. The Bertz CT molecular complexity index is 606. The lowest BCUT2D eigenvalue weighted by Gasteiger charge is -2.24. The summed E-state index contributed by atoms with van der Waals surface area (Å²) >= 11 is 3.43. The van der Waals surface area contributed by atoms with E-state index in [0.29, 0.717) is 19.6 Å². The zero-order chi connectivity index (χ0) is 17.0. The highest BCUT2D eigenvalue weighted by Crippen LogP contribution is 2.34. The molecule has 0 bridgehead atoms. The topological polar surface area (TPSA) is 78.3 Å². The molecule has 2 atom stereocenters. The molecule has 0 N–H and O–H groups in total. The minimum atomic E-state index is -0.521. The average molecular weight is 381 g/mol. The van der Waals surface area contributed by atoms with E-state index in [4.69, 9.17) is 10.3 Å². The predicted octanol–water partition coefficient (Wildman–Crippen LogP) is 4.71. The molecule has 1 aromatic carbocycles. The van der Waals surface area contributed by atoms with Crippen LogP contribution < -0.4 is 0 Å². The summed E-state index contributed by atoms with van der Waals surface area (Å²) in [5.41, 5.74) is 9.21. The third-order valence-electron chi connectivity index (χ3n) is 3.77. The Hall–Kier alpha value is -1.72. The first-order chi connectivity index (χ1) is 10.8. The van der Waals surface area contributed by atoms with Gasteiger partial charge in [-0.15, -0.1) is 0 Å². The highest BCUT2D eigenvalue weighted by Gasteiger charge is 2.37. The van der Waals surface area contributed by atoms with Gasteiger partial charge in [0.15, 0.2) is 0 Å². The Morgan fingerprint density at radius 3 is 2.61 bits per heavy atom.